The summed E-state index contributed by atoms with van der Waals surface area (Å²) in [5.41, 5.74) is 9.15. The molecule has 3 aromatic carbocycles. The molecule has 0 amide bonds. The Kier molecular flexibility index (Phi) is 12.5. The van der Waals surface area contributed by atoms with Gasteiger partial charge in [-0.2, -0.15) is 0 Å². The van der Waals surface area contributed by atoms with E-state index in [9.17, 15) is 0 Å². The summed E-state index contributed by atoms with van der Waals surface area (Å²) in [4.78, 5) is 0.967. The zero-order chi connectivity index (χ0) is 38.7. The van der Waals surface area contributed by atoms with Crippen LogP contribution in [0.1, 0.15) is 95.7 Å². The molecule has 0 bridgehead atoms. The molecule has 50 heavy (non-hydrogen) atoms. The fraction of sp³-hybridized carbons (Fsp3) is 0.600. The van der Waals surface area contributed by atoms with Gasteiger partial charge >= 0.3 is 322 Å². The Hall–Kier alpha value is -0.930. The number of hydrogen-bond donors (Lipinski definition) is 0. The van der Waals surface area contributed by atoms with Gasteiger partial charge in [-0.25, -0.2) is 0 Å². The molecule has 0 fully saturated rings. The van der Waals surface area contributed by atoms with Crippen molar-refractivity contribution in [2.75, 3.05) is 0 Å². The van der Waals surface area contributed by atoms with Gasteiger partial charge in [0, 0.05) is 0 Å². The molecule has 277 valence electrons. The Morgan fingerprint density at radius 1 is 0.400 bits per heavy atom. The summed E-state index contributed by atoms with van der Waals surface area (Å²) in [6.07, 6.45) is 0. The Morgan fingerprint density at radius 2 is 0.620 bits per heavy atom. The molecule has 0 saturated heterocycles. The van der Waals surface area contributed by atoms with Crippen LogP contribution in [0.5, 0.6) is 0 Å². The molecule has 0 aliphatic rings. The molecular formula is C45H77GeSi4. The number of benzene rings is 3. The number of rotatable bonds is 10. The fourth-order valence-corrected chi connectivity index (χ4v) is 79.8. The minimum atomic E-state index is -2.26. The first-order valence-corrected chi connectivity index (χ1v) is 38.2. The van der Waals surface area contributed by atoms with Crippen LogP contribution in [0.25, 0.3) is 0 Å². The predicted octanol–water partition coefficient (Wildman–Crippen LogP) is 14.2. The van der Waals surface area contributed by atoms with Crippen molar-refractivity contribution in [3.05, 3.63) is 106 Å². The molecule has 1 unspecified atom stereocenters. The third-order valence-corrected chi connectivity index (χ3v) is 59.6. The minimum absolute atomic E-state index is 0.114. The van der Waals surface area contributed by atoms with Crippen molar-refractivity contribution < 1.29 is 0 Å². The normalized spacial score (nSPS) is 15.2. The van der Waals surface area contributed by atoms with E-state index in [1.807, 2.05) is 0 Å². The first-order chi connectivity index (χ1) is 22.3. The van der Waals surface area contributed by atoms with Crippen molar-refractivity contribution in [3.63, 3.8) is 0 Å². The van der Waals surface area contributed by atoms with Crippen molar-refractivity contribution in [2.45, 2.75) is 169 Å². The topological polar surface area (TPSA) is 0 Å². The molecule has 0 saturated carbocycles. The molecule has 0 heterocycles. The van der Waals surface area contributed by atoms with Crippen LogP contribution in [0, 0.1) is 0 Å². The van der Waals surface area contributed by atoms with E-state index in [-0.39, 0.29) is 21.3 Å². The van der Waals surface area contributed by atoms with E-state index in [1.165, 1.54) is 33.4 Å². The molecule has 3 rings (SSSR count). The molecule has 1 radical (unpaired) electrons. The summed E-state index contributed by atoms with van der Waals surface area (Å²) < 4.78 is 0.880. The molecule has 0 aliphatic heterocycles. The van der Waals surface area contributed by atoms with E-state index in [4.69, 9.17) is 0 Å². The summed E-state index contributed by atoms with van der Waals surface area (Å²) in [7, 11) is -6.98. The Morgan fingerprint density at radius 3 is 0.800 bits per heavy atom. The van der Waals surface area contributed by atoms with Gasteiger partial charge in [0.15, 0.2) is 0 Å². The molecule has 0 aromatic heterocycles. The van der Waals surface area contributed by atoms with Gasteiger partial charge in [0.2, 0.25) is 0 Å². The van der Waals surface area contributed by atoms with Gasteiger partial charge in [-0.1, -0.05) is 0 Å². The van der Waals surface area contributed by atoms with Crippen LogP contribution >= 0.6 is 0 Å². The Labute approximate surface area is 320 Å². The maximum atomic E-state index is 2.90. The van der Waals surface area contributed by atoms with Gasteiger partial charge in [0.05, 0.1) is 0 Å². The van der Waals surface area contributed by atoms with Gasteiger partial charge in [0.1, 0.15) is 0 Å². The van der Waals surface area contributed by atoms with Crippen molar-refractivity contribution >= 4 is 46.6 Å². The number of hydrogen-bond acceptors (Lipinski definition) is 0. The average molecular weight is 803 g/mol. The molecule has 0 nitrogen and oxygen atoms in total. The monoisotopic (exact) mass is 803 g/mol. The van der Waals surface area contributed by atoms with E-state index >= 15 is 0 Å². The van der Waals surface area contributed by atoms with Gasteiger partial charge in [-0.3, -0.25) is 0 Å². The standard InChI is InChI=1S/C45H77GeSi4/c1-42(2,3)34-22-28-37(29-23-34)45(38-30-24-35(25-31-38)43(4,5)6,39-32-26-36(27-33-39)44(7,8)9)50(20,21)40(46(10)11)49(18,19)41(47(12,13)14)48(15,16)17/h22-33,40-41H,1-21H3. The van der Waals surface area contributed by atoms with Crippen molar-refractivity contribution in [2.24, 2.45) is 0 Å². The van der Waals surface area contributed by atoms with Crippen LogP contribution in [0.15, 0.2) is 72.8 Å². The van der Waals surface area contributed by atoms with E-state index in [0.717, 1.165) is 8.78 Å². The van der Waals surface area contributed by atoms with Crippen LogP contribution in [-0.2, 0) is 21.3 Å². The molecule has 5 heteroatoms. The first kappa shape index (κ1) is 43.5. The first-order valence-electron chi connectivity index (χ1n) is 19.4. The third kappa shape index (κ3) is 8.55. The van der Waals surface area contributed by atoms with Crippen LogP contribution in [-0.4, -0.2) is 46.6 Å². The Balaban J connectivity index is 2.65. The van der Waals surface area contributed by atoms with Gasteiger partial charge in [0.25, 0.3) is 0 Å². The van der Waals surface area contributed by atoms with Crippen LogP contribution in [0.4, 0.5) is 0 Å². The van der Waals surface area contributed by atoms with Crippen LogP contribution in [0.3, 0.4) is 0 Å². The van der Waals surface area contributed by atoms with Gasteiger partial charge in [-0.15, -0.1) is 0 Å². The summed E-state index contributed by atoms with van der Waals surface area (Å²) >= 11 is -1.50. The van der Waals surface area contributed by atoms with Crippen molar-refractivity contribution in [3.8, 4) is 0 Å². The van der Waals surface area contributed by atoms with Crippen molar-refractivity contribution in [1.29, 1.82) is 0 Å². The molecule has 0 aliphatic carbocycles. The van der Waals surface area contributed by atoms with E-state index in [0.29, 0.717) is 0 Å². The maximum absolute atomic E-state index is 2.90. The van der Waals surface area contributed by atoms with E-state index < -0.39 is 46.6 Å². The average Bonchev–Trinajstić information content (AvgIpc) is 2.90. The van der Waals surface area contributed by atoms with E-state index in [2.05, 4.69) is 212 Å². The van der Waals surface area contributed by atoms with Gasteiger partial charge < -0.3 is 0 Å². The zero-order valence-corrected chi connectivity index (χ0v) is 42.7. The summed E-state index contributed by atoms with van der Waals surface area (Å²) in [6.45, 7) is 49.0. The second kappa shape index (κ2) is 14.4. The van der Waals surface area contributed by atoms with Gasteiger partial charge in [-0.05, 0) is 0 Å². The third-order valence-electron chi connectivity index (χ3n) is 12.0. The second-order valence-electron chi connectivity index (χ2n) is 22.5. The van der Waals surface area contributed by atoms with Crippen LogP contribution in [0.2, 0.25) is 85.8 Å². The summed E-state index contributed by atoms with van der Waals surface area (Å²) in [5.74, 6) is 5.52. The second-order valence-corrected chi connectivity index (χ2v) is 53.1. The molecule has 1 atom stereocenters. The molecule has 0 N–H and O–H groups in total. The zero-order valence-electron chi connectivity index (χ0n) is 36.6. The van der Waals surface area contributed by atoms with E-state index in [1.54, 1.807) is 0 Å². The Bertz CT molecular complexity index is 1410. The molecule has 3 aromatic rings. The fourth-order valence-electron chi connectivity index (χ4n) is 11.6. The summed E-state index contributed by atoms with van der Waals surface area (Å²) in [5, 5.41) is -0.182. The van der Waals surface area contributed by atoms with Crippen molar-refractivity contribution in [1.82, 2.24) is 0 Å². The SMILES string of the molecule is [CH3][Ge]([CH3])[CH]([Si](C)(C)C([Si](C)(C)C)[Si](C)(C)C)[Si](C)(C)C(c1ccc(C(C)(C)C)cc1)(c1ccc(C(C)(C)C)cc1)c1ccc(C(C)(C)C)cc1. The predicted molar refractivity (Wildman–Crippen MR) is 242 cm³/mol. The van der Waals surface area contributed by atoms with Crippen LogP contribution < -0.4 is 0 Å². The molecular weight excluding hydrogens is 725 g/mol. The molecule has 0 spiro atoms. The quantitative estimate of drug-likeness (QED) is 0.141. The summed E-state index contributed by atoms with van der Waals surface area (Å²) in [6, 6.07) is 30.2.